The average Bonchev–Trinajstić information content (AvgIpc) is 3.26. The molecule has 0 aliphatic heterocycles. The number of thiocarbonyl (C=S) groups is 1. The van der Waals surface area contributed by atoms with Crippen LogP contribution < -0.4 is 20.9 Å². The minimum atomic E-state index is -0.308. The minimum Gasteiger partial charge on any atom is -0.484 e. The number of aryl methyl sites for hydroxylation is 2. The molecule has 1 amide bonds. The van der Waals surface area contributed by atoms with Gasteiger partial charge < -0.3 is 14.5 Å². The number of carbonyl (C=O) groups is 1. The van der Waals surface area contributed by atoms with Gasteiger partial charge >= 0.3 is 0 Å². The van der Waals surface area contributed by atoms with Gasteiger partial charge in [-0.25, -0.2) is 0 Å². The lowest BCUT2D eigenvalue weighted by Gasteiger charge is -2.12. The molecular weight excluding hydrogens is 326 g/mol. The number of carbonyl (C=O) groups excluding carboxylic acids is 1. The standard InChI is InChI=1S/C17H19N3O3S/c21-16(19-20-17(24)18-10-15-5-2-8-22-15)11-23-14-7-6-12-3-1-4-13(12)9-14/h2,5-9H,1,3-4,10-11H2,(H,19,21)(H2,18,20,24). The van der Waals surface area contributed by atoms with Crippen molar-refractivity contribution in [3.8, 4) is 5.75 Å². The number of hydrazine groups is 1. The Bertz CT molecular complexity index is 716. The number of furan rings is 1. The van der Waals surface area contributed by atoms with E-state index in [9.17, 15) is 4.79 Å². The molecule has 1 aromatic carbocycles. The second kappa shape index (κ2) is 7.83. The van der Waals surface area contributed by atoms with Crippen LogP contribution in [0.15, 0.2) is 41.0 Å². The number of ether oxygens (including phenoxy) is 1. The highest BCUT2D eigenvalue weighted by atomic mass is 32.1. The number of nitrogens with one attached hydrogen (secondary N) is 3. The Kier molecular flexibility index (Phi) is 5.32. The molecule has 0 spiro atoms. The third-order valence-electron chi connectivity index (χ3n) is 3.76. The maximum absolute atomic E-state index is 11.8. The molecule has 1 aliphatic rings. The Hall–Kier alpha value is -2.54. The summed E-state index contributed by atoms with van der Waals surface area (Å²) in [5.74, 6) is 1.16. The van der Waals surface area contributed by atoms with E-state index in [0.29, 0.717) is 17.4 Å². The normalized spacial score (nSPS) is 12.3. The molecule has 7 heteroatoms. The van der Waals surface area contributed by atoms with Gasteiger partial charge in [-0.15, -0.1) is 0 Å². The Labute approximate surface area is 145 Å². The second-order valence-corrected chi connectivity index (χ2v) is 5.92. The highest BCUT2D eigenvalue weighted by Crippen LogP contribution is 2.25. The molecule has 0 radical (unpaired) electrons. The molecule has 0 fully saturated rings. The molecule has 24 heavy (non-hydrogen) atoms. The van der Waals surface area contributed by atoms with Gasteiger partial charge in [-0.2, -0.15) is 0 Å². The lowest BCUT2D eigenvalue weighted by Crippen LogP contribution is -2.48. The van der Waals surface area contributed by atoms with Crippen molar-refractivity contribution in [2.45, 2.75) is 25.8 Å². The molecule has 1 aromatic heterocycles. The van der Waals surface area contributed by atoms with Crippen molar-refractivity contribution >= 4 is 23.2 Å². The Balaban J connectivity index is 1.35. The summed E-state index contributed by atoms with van der Waals surface area (Å²) in [5.41, 5.74) is 7.80. The van der Waals surface area contributed by atoms with E-state index >= 15 is 0 Å². The predicted molar refractivity (Wildman–Crippen MR) is 93.4 cm³/mol. The summed E-state index contributed by atoms with van der Waals surface area (Å²) in [4.78, 5) is 11.8. The summed E-state index contributed by atoms with van der Waals surface area (Å²) in [6, 6.07) is 9.62. The zero-order valence-corrected chi connectivity index (χ0v) is 13.9. The van der Waals surface area contributed by atoms with Gasteiger partial charge in [-0.1, -0.05) is 6.07 Å². The zero-order valence-electron chi connectivity index (χ0n) is 13.1. The first-order valence-corrected chi connectivity index (χ1v) is 8.21. The van der Waals surface area contributed by atoms with Crippen LogP contribution >= 0.6 is 12.2 Å². The van der Waals surface area contributed by atoms with Crippen LogP contribution in [0.3, 0.4) is 0 Å². The van der Waals surface area contributed by atoms with Gasteiger partial charge in [0.2, 0.25) is 0 Å². The van der Waals surface area contributed by atoms with Crippen molar-refractivity contribution in [2.75, 3.05) is 6.61 Å². The zero-order chi connectivity index (χ0) is 16.8. The first-order valence-electron chi connectivity index (χ1n) is 7.80. The van der Waals surface area contributed by atoms with E-state index in [4.69, 9.17) is 21.4 Å². The summed E-state index contributed by atoms with van der Waals surface area (Å²) >= 11 is 5.06. The molecule has 1 heterocycles. The molecule has 0 unspecified atom stereocenters. The van der Waals surface area contributed by atoms with E-state index in [1.54, 1.807) is 12.3 Å². The quantitative estimate of drug-likeness (QED) is 0.567. The number of hydrogen-bond donors (Lipinski definition) is 3. The van der Waals surface area contributed by atoms with Crippen molar-refractivity contribution < 1.29 is 13.9 Å². The fourth-order valence-corrected chi connectivity index (χ4v) is 2.70. The number of hydrogen-bond acceptors (Lipinski definition) is 4. The second-order valence-electron chi connectivity index (χ2n) is 5.51. The maximum atomic E-state index is 11.8. The van der Waals surface area contributed by atoms with E-state index in [1.165, 1.54) is 17.5 Å². The third kappa shape index (κ3) is 4.48. The summed E-state index contributed by atoms with van der Waals surface area (Å²) in [7, 11) is 0. The Morgan fingerprint density at radius 3 is 2.92 bits per heavy atom. The fourth-order valence-electron chi connectivity index (χ4n) is 2.57. The molecule has 0 saturated carbocycles. The fraction of sp³-hybridized carbons (Fsp3) is 0.294. The molecule has 1 aliphatic carbocycles. The number of amides is 1. The van der Waals surface area contributed by atoms with E-state index in [0.717, 1.165) is 18.6 Å². The molecule has 126 valence electrons. The van der Waals surface area contributed by atoms with E-state index in [-0.39, 0.29) is 12.5 Å². The Morgan fingerprint density at radius 2 is 2.08 bits per heavy atom. The molecule has 0 atom stereocenters. The maximum Gasteiger partial charge on any atom is 0.276 e. The van der Waals surface area contributed by atoms with Crippen LogP contribution in [-0.4, -0.2) is 17.6 Å². The third-order valence-corrected chi connectivity index (χ3v) is 4.01. The van der Waals surface area contributed by atoms with Crippen molar-refractivity contribution in [1.29, 1.82) is 0 Å². The highest BCUT2D eigenvalue weighted by Gasteiger charge is 2.12. The molecule has 3 rings (SSSR count). The van der Waals surface area contributed by atoms with Crippen LogP contribution in [0.25, 0.3) is 0 Å². The number of fused-ring (bicyclic) bond motifs is 1. The van der Waals surface area contributed by atoms with E-state index < -0.39 is 0 Å². The first-order chi connectivity index (χ1) is 11.7. The lowest BCUT2D eigenvalue weighted by atomic mass is 10.1. The molecular formula is C17H19N3O3S. The van der Waals surface area contributed by atoms with Crippen LogP contribution in [0, 0.1) is 0 Å². The molecule has 3 N–H and O–H groups in total. The van der Waals surface area contributed by atoms with Gasteiger partial charge in [0.05, 0.1) is 12.8 Å². The van der Waals surface area contributed by atoms with Gasteiger partial charge in [-0.3, -0.25) is 15.6 Å². The molecule has 2 aromatic rings. The lowest BCUT2D eigenvalue weighted by molar-refractivity contribution is -0.123. The summed E-state index contributed by atoms with van der Waals surface area (Å²) in [5, 5.41) is 3.22. The van der Waals surface area contributed by atoms with Crippen molar-refractivity contribution in [3.63, 3.8) is 0 Å². The van der Waals surface area contributed by atoms with Gasteiger partial charge in [-0.05, 0) is 66.9 Å². The van der Waals surface area contributed by atoms with E-state index in [2.05, 4.69) is 22.2 Å². The van der Waals surface area contributed by atoms with E-state index in [1.807, 2.05) is 18.2 Å². The van der Waals surface area contributed by atoms with Gasteiger partial charge in [0.25, 0.3) is 5.91 Å². The summed E-state index contributed by atoms with van der Waals surface area (Å²) in [6.45, 7) is 0.368. The summed E-state index contributed by atoms with van der Waals surface area (Å²) in [6.07, 6.45) is 4.98. The topological polar surface area (TPSA) is 75.5 Å². The molecule has 0 saturated heterocycles. The van der Waals surface area contributed by atoms with Gasteiger partial charge in [0, 0.05) is 0 Å². The van der Waals surface area contributed by atoms with Gasteiger partial charge in [0.15, 0.2) is 11.7 Å². The van der Waals surface area contributed by atoms with Gasteiger partial charge in [0.1, 0.15) is 11.5 Å². The molecule has 0 bridgehead atoms. The predicted octanol–water partition coefficient (Wildman–Crippen LogP) is 1.84. The van der Waals surface area contributed by atoms with Crippen molar-refractivity contribution in [2.24, 2.45) is 0 Å². The largest absolute Gasteiger partial charge is 0.484 e. The first kappa shape index (κ1) is 16.3. The van der Waals surface area contributed by atoms with Crippen molar-refractivity contribution in [3.05, 3.63) is 53.5 Å². The Morgan fingerprint density at radius 1 is 1.21 bits per heavy atom. The summed E-state index contributed by atoms with van der Waals surface area (Å²) < 4.78 is 10.7. The average molecular weight is 345 g/mol. The van der Waals surface area contributed by atoms with Crippen molar-refractivity contribution in [1.82, 2.24) is 16.2 Å². The highest BCUT2D eigenvalue weighted by molar-refractivity contribution is 7.80. The SMILES string of the molecule is O=C(COc1ccc2c(c1)CCC2)NNC(=S)NCc1ccco1. The monoisotopic (exact) mass is 345 g/mol. The minimum absolute atomic E-state index is 0.0768. The smallest absolute Gasteiger partial charge is 0.276 e. The van der Waals surface area contributed by atoms with Crippen LogP contribution in [0.1, 0.15) is 23.3 Å². The van der Waals surface area contributed by atoms with Crippen LogP contribution in [0.2, 0.25) is 0 Å². The van der Waals surface area contributed by atoms with Crippen LogP contribution in [0.5, 0.6) is 5.75 Å². The number of rotatable bonds is 5. The molecule has 6 nitrogen and oxygen atoms in total. The van der Waals surface area contributed by atoms with Crippen LogP contribution in [0.4, 0.5) is 0 Å². The number of benzene rings is 1. The van der Waals surface area contributed by atoms with Crippen LogP contribution in [-0.2, 0) is 24.2 Å².